The summed E-state index contributed by atoms with van der Waals surface area (Å²) in [6.45, 7) is 0. The van der Waals surface area contributed by atoms with Gasteiger partial charge in [0.25, 0.3) is 0 Å². The molecule has 0 fully saturated rings. The van der Waals surface area contributed by atoms with Crippen molar-refractivity contribution in [3.8, 4) is 0 Å². The van der Waals surface area contributed by atoms with E-state index < -0.39 is 0 Å². The van der Waals surface area contributed by atoms with Crippen molar-refractivity contribution in [2.45, 2.75) is 11.8 Å². The second kappa shape index (κ2) is 3.59. The molecule has 2 unspecified atom stereocenters. The molecule has 0 nitrogen and oxygen atoms in total. The number of allylic oxidation sites excluding steroid dienone is 1. The van der Waals surface area contributed by atoms with Crippen LogP contribution < -0.4 is 0 Å². The molecule has 2 atom stereocenters. The van der Waals surface area contributed by atoms with Crippen molar-refractivity contribution in [1.29, 1.82) is 0 Å². The topological polar surface area (TPSA) is 0 Å². The zero-order valence-corrected chi connectivity index (χ0v) is 12.1. The van der Waals surface area contributed by atoms with E-state index in [-0.39, 0.29) is 0 Å². The predicted molar refractivity (Wildman–Crippen MR) is 89.0 cm³/mol. The predicted octanol–water partition coefficient (Wildman–Crippen LogP) is 5.09. The molecule has 3 aliphatic carbocycles. The average molecular weight is 278 g/mol. The molecule has 0 saturated heterocycles. The lowest BCUT2D eigenvalue weighted by atomic mass is 9.90. The lowest BCUT2D eigenvalue weighted by Crippen LogP contribution is -1.97. The Morgan fingerprint density at radius 3 is 1.36 bits per heavy atom. The second-order valence-electron chi connectivity index (χ2n) is 6.50. The first-order chi connectivity index (χ1) is 10.9. The zero-order chi connectivity index (χ0) is 14.3. The molecule has 3 aliphatic rings. The van der Waals surface area contributed by atoms with Crippen molar-refractivity contribution in [3.05, 3.63) is 112 Å². The highest BCUT2D eigenvalue weighted by Gasteiger charge is 2.48. The van der Waals surface area contributed by atoms with Crippen LogP contribution in [0.1, 0.15) is 45.2 Å². The van der Waals surface area contributed by atoms with Crippen LogP contribution in [0.25, 0.3) is 5.57 Å². The van der Waals surface area contributed by atoms with Gasteiger partial charge < -0.3 is 0 Å². The Morgan fingerprint density at radius 2 is 0.864 bits per heavy atom. The van der Waals surface area contributed by atoms with Gasteiger partial charge in [-0.3, -0.25) is 0 Å². The van der Waals surface area contributed by atoms with Gasteiger partial charge in [-0.15, -0.1) is 0 Å². The number of rotatable bonds is 0. The van der Waals surface area contributed by atoms with Crippen LogP contribution in [-0.2, 0) is 0 Å². The van der Waals surface area contributed by atoms with Crippen LogP contribution in [0, 0.1) is 0 Å². The summed E-state index contributed by atoms with van der Waals surface area (Å²) >= 11 is 0. The van der Waals surface area contributed by atoms with Crippen LogP contribution in [0.2, 0.25) is 0 Å². The van der Waals surface area contributed by atoms with Gasteiger partial charge in [-0.2, -0.15) is 0 Å². The summed E-state index contributed by atoms with van der Waals surface area (Å²) in [6.07, 6.45) is 0. The summed E-state index contributed by atoms with van der Waals surface area (Å²) in [5.74, 6) is 0.944. The van der Waals surface area contributed by atoms with Crippen molar-refractivity contribution in [1.82, 2.24) is 0 Å². The minimum atomic E-state index is 0.472. The lowest BCUT2D eigenvalue weighted by molar-refractivity contribution is 0.952. The minimum Gasteiger partial charge on any atom is -0.0619 e. The molecule has 0 amide bonds. The SMILES string of the molecule is c1ccc2c(c1)C1=C3C2c2ccccc2C3c2ccccc21. The summed E-state index contributed by atoms with van der Waals surface area (Å²) in [5.41, 5.74) is 12.1. The maximum Gasteiger partial charge on any atom is 0.0327 e. The summed E-state index contributed by atoms with van der Waals surface area (Å²) in [5, 5.41) is 0. The van der Waals surface area contributed by atoms with Gasteiger partial charge in [0.2, 0.25) is 0 Å². The van der Waals surface area contributed by atoms with E-state index >= 15 is 0 Å². The molecular formula is C22H14. The molecule has 0 heteroatoms. The Hall–Kier alpha value is -2.60. The first-order valence-electron chi connectivity index (χ1n) is 7.96. The molecule has 0 bridgehead atoms. The van der Waals surface area contributed by atoms with E-state index in [1.54, 1.807) is 5.57 Å². The summed E-state index contributed by atoms with van der Waals surface area (Å²) in [6, 6.07) is 27.0. The second-order valence-corrected chi connectivity index (χ2v) is 6.50. The van der Waals surface area contributed by atoms with E-state index in [4.69, 9.17) is 0 Å². The monoisotopic (exact) mass is 278 g/mol. The van der Waals surface area contributed by atoms with Crippen LogP contribution in [0.3, 0.4) is 0 Å². The maximum absolute atomic E-state index is 2.33. The Balaban J connectivity index is 1.81. The van der Waals surface area contributed by atoms with E-state index in [2.05, 4.69) is 72.8 Å². The van der Waals surface area contributed by atoms with Crippen molar-refractivity contribution in [2.24, 2.45) is 0 Å². The van der Waals surface area contributed by atoms with Crippen LogP contribution in [0.15, 0.2) is 78.4 Å². The number of hydrogen-bond acceptors (Lipinski definition) is 0. The molecule has 3 aromatic rings. The molecule has 102 valence electrons. The molecule has 3 aromatic carbocycles. The van der Waals surface area contributed by atoms with E-state index in [1.165, 1.54) is 39.0 Å². The van der Waals surface area contributed by atoms with E-state index in [1.807, 2.05) is 0 Å². The maximum atomic E-state index is 2.33. The van der Waals surface area contributed by atoms with Gasteiger partial charge in [-0.25, -0.2) is 0 Å². The fourth-order valence-electron chi connectivity index (χ4n) is 4.91. The van der Waals surface area contributed by atoms with E-state index in [0.717, 1.165) is 0 Å². The van der Waals surface area contributed by atoms with Crippen molar-refractivity contribution in [3.63, 3.8) is 0 Å². The Bertz CT molecular complexity index is 912. The summed E-state index contributed by atoms with van der Waals surface area (Å²) in [4.78, 5) is 0. The van der Waals surface area contributed by atoms with Crippen LogP contribution >= 0.6 is 0 Å². The number of fused-ring (bicyclic) bond motifs is 9. The van der Waals surface area contributed by atoms with Crippen molar-refractivity contribution in [2.75, 3.05) is 0 Å². The average Bonchev–Trinajstić information content (AvgIpc) is 3.19. The number of benzene rings is 3. The molecule has 22 heavy (non-hydrogen) atoms. The van der Waals surface area contributed by atoms with Gasteiger partial charge in [-0.1, -0.05) is 72.8 Å². The van der Waals surface area contributed by atoms with Crippen LogP contribution in [0.4, 0.5) is 0 Å². The smallest absolute Gasteiger partial charge is 0.0327 e. The van der Waals surface area contributed by atoms with Crippen LogP contribution in [0.5, 0.6) is 0 Å². The molecule has 0 heterocycles. The Kier molecular flexibility index (Phi) is 1.80. The molecule has 0 N–H and O–H groups in total. The first kappa shape index (κ1) is 11.0. The molecule has 0 saturated carbocycles. The number of hydrogen-bond donors (Lipinski definition) is 0. The normalized spacial score (nSPS) is 22.4. The fourth-order valence-corrected chi connectivity index (χ4v) is 4.91. The highest BCUT2D eigenvalue weighted by molar-refractivity contribution is 5.98. The fraction of sp³-hybridized carbons (Fsp3) is 0.0909. The van der Waals surface area contributed by atoms with Gasteiger partial charge in [0, 0.05) is 11.8 Å². The van der Waals surface area contributed by atoms with Gasteiger partial charge >= 0.3 is 0 Å². The molecular weight excluding hydrogens is 264 g/mol. The lowest BCUT2D eigenvalue weighted by Gasteiger charge is -2.12. The van der Waals surface area contributed by atoms with Gasteiger partial charge in [-0.05, 0) is 44.5 Å². The van der Waals surface area contributed by atoms with Gasteiger partial charge in [0.15, 0.2) is 0 Å². The third-order valence-corrected chi connectivity index (χ3v) is 5.61. The van der Waals surface area contributed by atoms with Gasteiger partial charge in [0.05, 0.1) is 0 Å². The minimum absolute atomic E-state index is 0.472. The van der Waals surface area contributed by atoms with Gasteiger partial charge in [0.1, 0.15) is 0 Å². The van der Waals surface area contributed by atoms with E-state index in [0.29, 0.717) is 11.8 Å². The largest absolute Gasteiger partial charge is 0.0619 e. The molecule has 0 spiro atoms. The summed E-state index contributed by atoms with van der Waals surface area (Å²) in [7, 11) is 0. The van der Waals surface area contributed by atoms with Crippen LogP contribution in [-0.4, -0.2) is 0 Å². The quantitative estimate of drug-likeness (QED) is 0.537. The molecule has 0 radical (unpaired) electrons. The zero-order valence-electron chi connectivity index (χ0n) is 12.1. The Morgan fingerprint density at radius 1 is 0.455 bits per heavy atom. The summed E-state index contributed by atoms with van der Waals surface area (Å²) < 4.78 is 0. The molecule has 0 aromatic heterocycles. The van der Waals surface area contributed by atoms with E-state index in [9.17, 15) is 0 Å². The molecule has 0 aliphatic heterocycles. The van der Waals surface area contributed by atoms with Crippen molar-refractivity contribution < 1.29 is 0 Å². The highest BCUT2D eigenvalue weighted by atomic mass is 14.5. The third-order valence-electron chi connectivity index (χ3n) is 5.61. The van der Waals surface area contributed by atoms with Crippen molar-refractivity contribution >= 4 is 5.57 Å². The highest BCUT2D eigenvalue weighted by Crippen LogP contribution is 2.64. The Labute approximate surface area is 129 Å². The standard InChI is InChI=1S/C22H14/c1-2-8-14-13(7-1)19-15-9-3-4-10-16(15)21-18-12-6-5-11-17(18)20(14)22(19)21/h1-12,19-20H. The third kappa shape index (κ3) is 1.06. The molecule has 6 rings (SSSR count). The first-order valence-corrected chi connectivity index (χ1v) is 7.96.